The van der Waals surface area contributed by atoms with Gasteiger partial charge in [0.05, 0.1) is 17.6 Å². The smallest absolute Gasteiger partial charge is 0.269 e. The van der Waals surface area contributed by atoms with Gasteiger partial charge in [-0.05, 0) is 33.6 Å². The lowest BCUT2D eigenvalue weighted by Gasteiger charge is -2.02. The zero-order chi connectivity index (χ0) is 17.8. The maximum absolute atomic E-state index is 11.9. The summed E-state index contributed by atoms with van der Waals surface area (Å²) >= 11 is 3.39. The molecule has 0 spiro atoms. The van der Waals surface area contributed by atoms with E-state index in [0.29, 0.717) is 17.1 Å². The van der Waals surface area contributed by atoms with Gasteiger partial charge in [-0.1, -0.05) is 12.1 Å². The Labute approximate surface area is 150 Å². The molecule has 0 aromatic heterocycles. The van der Waals surface area contributed by atoms with Gasteiger partial charge in [0.25, 0.3) is 5.69 Å². The zero-order valence-electron chi connectivity index (χ0n) is 12.8. The standard InChI is InChI=1S/C16H12BrN3O5/c17-13-7-15-14(24-9-25-15)6-11(13)8-18-19-16(21)5-10-1-3-12(4-2-10)20(22)23/h1-4,6-8H,5,9H2,(H,19,21)/b18-8+. The molecule has 0 unspecified atom stereocenters. The van der Waals surface area contributed by atoms with Crippen LogP contribution in [-0.2, 0) is 11.2 Å². The second kappa shape index (κ2) is 7.31. The van der Waals surface area contributed by atoms with Gasteiger partial charge in [-0.2, -0.15) is 5.10 Å². The normalized spacial score (nSPS) is 12.4. The van der Waals surface area contributed by atoms with Crippen LogP contribution < -0.4 is 14.9 Å². The van der Waals surface area contributed by atoms with Crippen LogP contribution in [0.15, 0.2) is 46.0 Å². The van der Waals surface area contributed by atoms with Crippen molar-refractivity contribution in [3.05, 3.63) is 62.1 Å². The summed E-state index contributed by atoms with van der Waals surface area (Å²) in [6, 6.07) is 9.30. The van der Waals surface area contributed by atoms with Crippen molar-refractivity contribution in [3.63, 3.8) is 0 Å². The Morgan fingerprint density at radius 3 is 2.64 bits per heavy atom. The number of rotatable bonds is 5. The Bertz CT molecular complexity index is 852. The number of halogens is 1. The quantitative estimate of drug-likeness (QED) is 0.467. The molecule has 1 amide bonds. The minimum atomic E-state index is -0.489. The average molecular weight is 406 g/mol. The first-order chi connectivity index (χ1) is 12.0. The second-order valence-electron chi connectivity index (χ2n) is 5.12. The predicted molar refractivity (Wildman–Crippen MR) is 92.8 cm³/mol. The van der Waals surface area contributed by atoms with E-state index in [4.69, 9.17) is 9.47 Å². The fourth-order valence-corrected chi connectivity index (χ4v) is 2.59. The lowest BCUT2D eigenvalue weighted by Crippen LogP contribution is -2.19. The summed E-state index contributed by atoms with van der Waals surface area (Å²) in [6.45, 7) is 0.175. The van der Waals surface area contributed by atoms with Crippen LogP contribution in [-0.4, -0.2) is 23.8 Å². The maximum Gasteiger partial charge on any atom is 0.269 e. The van der Waals surface area contributed by atoms with Gasteiger partial charge in [-0.25, -0.2) is 5.43 Å². The summed E-state index contributed by atoms with van der Waals surface area (Å²) in [5.74, 6) is 0.926. The van der Waals surface area contributed by atoms with Crippen LogP contribution in [0, 0.1) is 10.1 Å². The number of nitrogens with zero attached hydrogens (tertiary/aromatic N) is 2. The van der Waals surface area contributed by atoms with Crippen molar-refractivity contribution < 1.29 is 19.2 Å². The lowest BCUT2D eigenvalue weighted by atomic mass is 10.1. The van der Waals surface area contributed by atoms with Gasteiger partial charge >= 0.3 is 0 Å². The summed E-state index contributed by atoms with van der Waals surface area (Å²) in [5.41, 5.74) is 3.77. The third kappa shape index (κ3) is 4.13. The van der Waals surface area contributed by atoms with Crippen LogP contribution in [0.3, 0.4) is 0 Å². The molecule has 9 heteroatoms. The molecule has 1 N–H and O–H groups in total. The van der Waals surface area contributed by atoms with E-state index in [1.165, 1.54) is 30.5 Å². The van der Waals surface area contributed by atoms with Gasteiger partial charge < -0.3 is 9.47 Å². The molecule has 3 rings (SSSR count). The van der Waals surface area contributed by atoms with Crippen molar-refractivity contribution in [2.45, 2.75) is 6.42 Å². The molecule has 1 aliphatic rings. The molecule has 1 aliphatic heterocycles. The molecule has 0 saturated carbocycles. The molecule has 0 fully saturated rings. The van der Waals surface area contributed by atoms with E-state index in [2.05, 4.69) is 26.5 Å². The molecule has 0 radical (unpaired) electrons. The van der Waals surface area contributed by atoms with Gasteiger partial charge in [-0.3, -0.25) is 14.9 Å². The highest BCUT2D eigenvalue weighted by atomic mass is 79.9. The van der Waals surface area contributed by atoms with Crippen LogP contribution in [0.5, 0.6) is 11.5 Å². The molecule has 0 bridgehead atoms. The molecule has 128 valence electrons. The summed E-state index contributed by atoms with van der Waals surface area (Å²) in [5, 5.41) is 14.5. The Morgan fingerprint density at radius 2 is 1.96 bits per heavy atom. The number of hydrogen-bond acceptors (Lipinski definition) is 6. The van der Waals surface area contributed by atoms with Crippen LogP contribution in [0.4, 0.5) is 5.69 Å². The Kier molecular flexibility index (Phi) is 4.94. The number of hydrazone groups is 1. The van der Waals surface area contributed by atoms with Crippen molar-refractivity contribution in [3.8, 4) is 11.5 Å². The van der Waals surface area contributed by atoms with Crippen molar-refractivity contribution in [1.29, 1.82) is 0 Å². The fourth-order valence-electron chi connectivity index (χ4n) is 2.17. The molecule has 8 nitrogen and oxygen atoms in total. The first-order valence-electron chi connectivity index (χ1n) is 7.17. The van der Waals surface area contributed by atoms with Crippen LogP contribution in [0.2, 0.25) is 0 Å². The largest absolute Gasteiger partial charge is 0.454 e. The van der Waals surface area contributed by atoms with Crippen LogP contribution in [0.1, 0.15) is 11.1 Å². The van der Waals surface area contributed by atoms with Crippen LogP contribution >= 0.6 is 15.9 Å². The van der Waals surface area contributed by atoms with E-state index >= 15 is 0 Å². The molecule has 1 heterocycles. The van der Waals surface area contributed by atoms with Gasteiger partial charge in [0, 0.05) is 22.2 Å². The number of fused-ring (bicyclic) bond motifs is 1. The number of amides is 1. The molecule has 0 aliphatic carbocycles. The van der Waals surface area contributed by atoms with Gasteiger partial charge in [0.15, 0.2) is 11.5 Å². The number of nitrogens with one attached hydrogen (secondary N) is 1. The molecule has 25 heavy (non-hydrogen) atoms. The number of carbonyl (C=O) groups excluding carboxylic acids is 1. The number of benzene rings is 2. The van der Waals surface area contributed by atoms with Crippen molar-refractivity contribution in [1.82, 2.24) is 5.43 Å². The second-order valence-corrected chi connectivity index (χ2v) is 5.97. The SMILES string of the molecule is O=C(Cc1ccc([N+](=O)[O-])cc1)N/N=C/c1cc2c(cc1Br)OCO2. The maximum atomic E-state index is 11.9. The highest BCUT2D eigenvalue weighted by Gasteiger charge is 2.15. The molecule has 0 atom stereocenters. The van der Waals surface area contributed by atoms with E-state index in [1.54, 1.807) is 12.1 Å². The summed E-state index contributed by atoms with van der Waals surface area (Å²) in [7, 11) is 0. The van der Waals surface area contributed by atoms with Gasteiger partial charge in [0.2, 0.25) is 12.7 Å². The highest BCUT2D eigenvalue weighted by molar-refractivity contribution is 9.10. The summed E-state index contributed by atoms with van der Waals surface area (Å²) in [4.78, 5) is 22.0. The van der Waals surface area contributed by atoms with E-state index in [0.717, 1.165) is 10.0 Å². The molecule has 0 saturated heterocycles. The Hall–Kier alpha value is -2.94. The van der Waals surface area contributed by atoms with E-state index < -0.39 is 4.92 Å². The molecule has 2 aromatic carbocycles. The topological polar surface area (TPSA) is 103 Å². The molecule has 2 aromatic rings. The van der Waals surface area contributed by atoms with Crippen molar-refractivity contribution >= 4 is 33.7 Å². The van der Waals surface area contributed by atoms with E-state index in [9.17, 15) is 14.9 Å². The minimum Gasteiger partial charge on any atom is -0.454 e. The monoisotopic (exact) mass is 405 g/mol. The summed E-state index contributed by atoms with van der Waals surface area (Å²) < 4.78 is 11.3. The third-order valence-corrected chi connectivity index (χ3v) is 4.08. The zero-order valence-corrected chi connectivity index (χ0v) is 14.4. The molecular weight excluding hydrogens is 394 g/mol. The number of non-ortho nitro benzene ring substituents is 1. The van der Waals surface area contributed by atoms with Gasteiger partial charge in [0.1, 0.15) is 0 Å². The summed E-state index contributed by atoms with van der Waals surface area (Å²) in [6.07, 6.45) is 1.55. The van der Waals surface area contributed by atoms with Crippen molar-refractivity contribution in [2.24, 2.45) is 5.10 Å². The third-order valence-electron chi connectivity index (χ3n) is 3.40. The lowest BCUT2D eigenvalue weighted by molar-refractivity contribution is -0.384. The number of carbonyl (C=O) groups is 1. The first kappa shape index (κ1) is 16.9. The minimum absolute atomic E-state index is 0.0187. The number of nitro groups is 1. The van der Waals surface area contributed by atoms with Gasteiger partial charge in [-0.15, -0.1) is 0 Å². The predicted octanol–water partition coefficient (Wildman–Crippen LogP) is 2.78. The van der Waals surface area contributed by atoms with E-state index in [-0.39, 0.29) is 24.8 Å². The van der Waals surface area contributed by atoms with Crippen molar-refractivity contribution in [2.75, 3.05) is 6.79 Å². The average Bonchev–Trinajstić information content (AvgIpc) is 3.02. The number of nitro benzene ring substituents is 1. The fraction of sp³-hybridized carbons (Fsp3) is 0.125. The number of ether oxygens (including phenoxy) is 2. The highest BCUT2D eigenvalue weighted by Crippen LogP contribution is 2.36. The molecular formula is C16H12BrN3O5. The number of hydrogen-bond donors (Lipinski definition) is 1. The Morgan fingerprint density at radius 1 is 1.28 bits per heavy atom. The Balaban J connectivity index is 1.58. The van der Waals surface area contributed by atoms with E-state index in [1.807, 2.05) is 0 Å². The van der Waals surface area contributed by atoms with Crippen LogP contribution in [0.25, 0.3) is 0 Å². The first-order valence-corrected chi connectivity index (χ1v) is 7.96.